The molecule has 0 bridgehead atoms. The Kier molecular flexibility index (Phi) is 5.17. The lowest BCUT2D eigenvalue weighted by molar-refractivity contribution is 0.294. The predicted octanol–water partition coefficient (Wildman–Crippen LogP) is 1.31. The van der Waals surface area contributed by atoms with Crippen LogP contribution in [0, 0.1) is 12.8 Å². The summed E-state index contributed by atoms with van der Waals surface area (Å²) >= 11 is 0. The van der Waals surface area contributed by atoms with E-state index in [0.717, 1.165) is 25.7 Å². The van der Waals surface area contributed by atoms with Crippen molar-refractivity contribution in [2.45, 2.75) is 50.8 Å². The number of aromatic nitrogens is 1. The van der Waals surface area contributed by atoms with Gasteiger partial charge in [0.25, 0.3) is 0 Å². The first kappa shape index (κ1) is 15.5. The van der Waals surface area contributed by atoms with E-state index in [0.29, 0.717) is 23.9 Å². The lowest BCUT2D eigenvalue weighted by Crippen LogP contribution is -2.46. The summed E-state index contributed by atoms with van der Waals surface area (Å²) in [7, 11) is -3.43. The van der Waals surface area contributed by atoms with Crippen LogP contribution < -0.4 is 10.5 Å². The van der Waals surface area contributed by atoms with Crippen molar-refractivity contribution in [1.29, 1.82) is 0 Å². The first-order chi connectivity index (χ1) is 9.50. The van der Waals surface area contributed by atoms with E-state index in [-0.39, 0.29) is 11.8 Å². The first-order valence-electron chi connectivity index (χ1n) is 7.12. The molecule has 6 nitrogen and oxygen atoms in total. The summed E-state index contributed by atoms with van der Waals surface area (Å²) < 4.78 is 32.0. The molecular formula is C13H23N3O3S. The van der Waals surface area contributed by atoms with Gasteiger partial charge in [-0.2, -0.15) is 0 Å². The lowest BCUT2D eigenvalue weighted by atomic mass is 9.84. The zero-order chi connectivity index (χ0) is 14.6. The van der Waals surface area contributed by atoms with Gasteiger partial charge in [-0.05, 0) is 25.7 Å². The molecule has 1 atom stereocenters. The highest BCUT2D eigenvalue weighted by Crippen LogP contribution is 2.26. The molecular weight excluding hydrogens is 278 g/mol. The summed E-state index contributed by atoms with van der Waals surface area (Å²) in [6.07, 6.45) is 5.65. The van der Waals surface area contributed by atoms with Crippen LogP contribution in [0.2, 0.25) is 0 Å². The van der Waals surface area contributed by atoms with E-state index in [4.69, 9.17) is 10.3 Å². The number of rotatable bonds is 6. The van der Waals surface area contributed by atoms with E-state index in [1.165, 1.54) is 6.42 Å². The number of nitrogens with one attached hydrogen (secondary N) is 1. The zero-order valence-electron chi connectivity index (χ0n) is 11.8. The second-order valence-electron chi connectivity index (χ2n) is 5.55. The fraction of sp³-hybridized carbons (Fsp3) is 0.769. The first-order valence-corrected chi connectivity index (χ1v) is 8.77. The summed E-state index contributed by atoms with van der Waals surface area (Å²) in [5, 5.41) is 3.72. The Bertz CT molecular complexity index is 521. The van der Waals surface area contributed by atoms with Gasteiger partial charge in [-0.25, -0.2) is 13.1 Å². The van der Waals surface area contributed by atoms with Crippen LogP contribution in [0.4, 0.5) is 0 Å². The van der Waals surface area contributed by atoms with Crippen LogP contribution in [0.3, 0.4) is 0 Å². The van der Waals surface area contributed by atoms with E-state index in [2.05, 4.69) is 9.88 Å². The van der Waals surface area contributed by atoms with Crippen molar-refractivity contribution in [3.8, 4) is 0 Å². The molecule has 1 heterocycles. The number of hydrogen-bond donors (Lipinski definition) is 2. The van der Waals surface area contributed by atoms with Crippen LogP contribution in [-0.2, 0) is 15.8 Å². The van der Waals surface area contributed by atoms with Gasteiger partial charge >= 0.3 is 0 Å². The van der Waals surface area contributed by atoms with E-state index < -0.39 is 10.0 Å². The largest absolute Gasteiger partial charge is 0.361 e. The van der Waals surface area contributed by atoms with Crippen molar-refractivity contribution >= 4 is 10.0 Å². The van der Waals surface area contributed by atoms with Gasteiger partial charge in [-0.15, -0.1) is 0 Å². The Morgan fingerprint density at radius 3 is 2.70 bits per heavy atom. The molecule has 0 spiro atoms. The number of hydrogen-bond acceptors (Lipinski definition) is 5. The number of sulfonamides is 1. The van der Waals surface area contributed by atoms with Crippen molar-refractivity contribution in [3.63, 3.8) is 0 Å². The normalized spacial score (nSPS) is 19.1. The molecule has 20 heavy (non-hydrogen) atoms. The molecule has 1 saturated carbocycles. The summed E-state index contributed by atoms with van der Waals surface area (Å²) in [5.74, 6) is 0.800. The zero-order valence-corrected chi connectivity index (χ0v) is 12.7. The van der Waals surface area contributed by atoms with Crippen LogP contribution >= 0.6 is 0 Å². The van der Waals surface area contributed by atoms with Crippen LogP contribution in [0.1, 0.15) is 43.6 Å². The number of nitrogens with zero attached hydrogens (tertiary/aromatic N) is 1. The molecule has 0 aromatic carbocycles. The van der Waals surface area contributed by atoms with Crippen molar-refractivity contribution < 1.29 is 12.9 Å². The highest BCUT2D eigenvalue weighted by Gasteiger charge is 2.27. The summed E-state index contributed by atoms with van der Waals surface area (Å²) in [6.45, 7) is 2.07. The minimum absolute atomic E-state index is 0.159. The molecule has 1 aromatic rings. The topological polar surface area (TPSA) is 98.2 Å². The van der Waals surface area contributed by atoms with Crippen molar-refractivity contribution in [2.75, 3.05) is 6.54 Å². The molecule has 0 saturated heterocycles. The molecule has 1 unspecified atom stereocenters. The van der Waals surface area contributed by atoms with Crippen molar-refractivity contribution in [2.24, 2.45) is 11.7 Å². The van der Waals surface area contributed by atoms with E-state index >= 15 is 0 Å². The van der Waals surface area contributed by atoms with Crippen LogP contribution in [-0.4, -0.2) is 26.2 Å². The maximum absolute atomic E-state index is 12.2. The molecule has 1 aliphatic carbocycles. The number of aryl methyl sites for hydroxylation is 1. The summed E-state index contributed by atoms with van der Waals surface area (Å²) in [5.41, 5.74) is 6.17. The van der Waals surface area contributed by atoms with Gasteiger partial charge in [-0.3, -0.25) is 0 Å². The molecule has 1 aromatic heterocycles. The third kappa shape index (κ3) is 4.29. The fourth-order valence-corrected chi connectivity index (χ4v) is 4.18. The summed E-state index contributed by atoms with van der Waals surface area (Å²) in [4.78, 5) is 0. The third-order valence-electron chi connectivity index (χ3n) is 3.82. The Morgan fingerprint density at radius 2 is 2.15 bits per heavy atom. The van der Waals surface area contributed by atoms with Crippen molar-refractivity contribution in [3.05, 3.63) is 17.5 Å². The lowest BCUT2D eigenvalue weighted by Gasteiger charge is -2.29. The van der Waals surface area contributed by atoms with E-state index in [1.54, 1.807) is 13.0 Å². The van der Waals surface area contributed by atoms with Gasteiger partial charge in [0.15, 0.2) is 0 Å². The smallest absolute Gasteiger partial charge is 0.217 e. The maximum atomic E-state index is 12.2. The average molecular weight is 301 g/mol. The molecule has 114 valence electrons. The molecule has 1 aliphatic rings. The van der Waals surface area contributed by atoms with E-state index in [1.807, 2.05) is 0 Å². The molecule has 2 rings (SSSR count). The predicted molar refractivity (Wildman–Crippen MR) is 76.4 cm³/mol. The number of nitrogens with two attached hydrogens (primary N) is 1. The minimum Gasteiger partial charge on any atom is -0.361 e. The van der Waals surface area contributed by atoms with Crippen LogP contribution in [0.15, 0.2) is 10.6 Å². The molecule has 0 amide bonds. The Morgan fingerprint density at radius 1 is 1.45 bits per heavy atom. The highest BCUT2D eigenvalue weighted by atomic mass is 32.2. The Labute approximate surface area is 120 Å². The van der Waals surface area contributed by atoms with Gasteiger partial charge in [0, 0.05) is 18.7 Å². The summed E-state index contributed by atoms with van der Waals surface area (Å²) in [6, 6.07) is 1.46. The van der Waals surface area contributed by atoms with Gasteiger partial charge < -0.3 is 10.3 Å². The second-order valence-corrected chi connectivity index (χ2v) is 7.30. The molecule has 3 N–H and O–H groups in total. The molecule has 0 aliphatic heterocycles. The standard InChI is InChI=1S/C13H23N3O3S/c1-10-7-12(15-19-10)9-20(17,18)16-13(8-14)11-5-3-2-4-6-11/h7,11,13,16H,2-6,8-9,14H2,1H3. The van der Waals surface area contributed by atoms with Gasteiger partial charge in [0.2, 0.25) is 10.0 Å². The minimum atomic E-state index is -3.43. The van der Waals surface area contributed by atoms with Gasteiger partial charge in [0.05, 0.1) is 0 Å². The van der Waals surface area contributed by atoms with Crippen LogP contribution in [0.25, 0.3) is 0 Å². The Balaban J connectivity index is 1.97. The van der Waals surface area contributed by atoms with Crippen LogP contribution in [0.5, 0.6) is 0 Å². The average Bonchev–Trinajstić information content (AvgIpc) is 2.81. The van der Waals surface area contributed by atoms with E-state index in [9.17, 15) is 8.42 Å². The fourth-order valence-electron chi connectivity index (χ4n) is 2.83. The highest BCUT2D eigenvalue weighted by molar-refractivity contribution is 7.88. The van der Waals surface area contributed by atoms with Gasteiger partial charge in [0.1, 0.15) is 17.2 Å². The quantitative estimate of drug-likeness (QED) is 0.825. The van der Waals surface area contributed by atoms with Gasteiger partial charge in [-0.1, -0.05) is 24.4 Å². The maximum Gasteiger partial charge on any atom is 0.217 e. The second kappa shape index (κ2) is 6.69. The molecule has 1 fully saturated rings. The molecule has 7 heteroatoms. The third-order valence-corrected chi connectivity index (χ3v) is 5.16. The monoisotopic (exact) mass is 301 g/mol. The van der Waals surface area contributed by atoms with Crippen molar-refractivity contribution in [1.82, 2.24) is 9.88 Å². The SMILES string of the molecule is Cc1cc(CS(=O)(=O)NC(CN)C2CCCCC2)no1. The Hall–Kier alpha value is -0.920. The molecule has 0 radical (unpaired) electrons.